The van der Waals surface area contributed by atoms with Crippen LogP contribution in [0.4, 0.5) is 0 Å². The fraction of sp³-hybridized carbons (Fsp3) is 0.571. The molecule has 1 saturated heterocycles. The second-order valence-corrected chi connectivity index (χ2v) is 4.93. The molecular weight excluding hydrogens is 383 g/mol. The van der Waals surface area contributed by atoms with E-state index >= 15 is 0 Å². The first-order valence-electron chi connectivity index (χ1n) is 6.94. The summed E-state index contributed by atoms with van der Waals surface area (Å²) in [6, 6.07) is 4.14. The molecule has 1 aromatic rings. The number of hydrogen-bond acceptors (Lipinski definition) is 3. The number of piperidine rings is 1. The van der Waals surface area contributed by atoms with Crippen molar-refractivity contribution in [3.63, 3.8) is 0 Å². The van der Waals surface area contributed by atoms with Crippen LogP contribution in [0.2, 0.25) is 0 Å². The van der Waals surface area contributed by atoms with Crippen LogP contribution in [-0.2, 0) is 11.3 Å². The number of nitrogens with one attached hydrogen (secondary N) is 2. The van der Waals surface area contributed by atoms with Gasteiger partial charge in [0.15, 0.2) is 5.96 Å². The van der Waals surface area contributed by atoms with Crippen LogP contribution in [0.15, 0.2) is 27.8 Å². The number of hydrogen-bond donors (Lipinski definition) is 2. The fourth-order valence-corrected chi connectivity index (χ4v) is 2.31. The van der Waals surface area contributed by atoms with Crippen molar-refractivity contribution in [2.45, 2.75) is 32.4 Å². The second-order valence-electron chi connectivity index (χ2n) is 4.93. The summed E-state index contributed by atoms with van der Waals surface area (Å²) in [7, 11) is 1.75. The summed E-state index contributed by atoms with van der Waals surface area (Å²) in [5, 5.41) is 6.60. The standard InChI is InChI=1S/C14H22N4O2.HI/c1-11(19)18-7-5-12(6-8-18)17-14(15-2)16-10-13-4-3-9-20-13;/h3-4,9,12H,5-8,10H2,1-2H3,(H2,15,16,17);1H. The highest BCUT2D eigenvalue weighted by molar-refractivity contribution is 14.0. The summed E-state index contributed by atoms with van der Waals surface area (Å²) in [5.41, 5.74) is 0. The van der Waals surface area contributed by atoms with Gasteiger partial charge in [-0.2, -0.15) is 0 Å². The minimum absolute atomic E-state index is 0. The Morgan fingerprint density at radius 2 is 2.19 bits per heavy atom. The first-order valence-corrected chi connectivity index (χ1v) is 6.94. The Morgan fingerprint density at radius 3 is 2.71 bits per heavy atom. The van der Waals surface area contributed by atoms with E-state index in [2.05, 4.69) is 15.6 Å². The predicted octanol–water partition coefficient (Wildman–Crippen LogP) is 1.57. The van der Waals surface area contributed by atoms with Gasteiger partial charge in [-0.25, -0.2) is 0 Å². The molecule has 7 heteroatoms. The number of carbonyl (C=O) groups is 1. The molecule has 1 fully saturated rings. The Balaban J connectivity index is 0.00000220. The van der Waals surface area contributed by atoms with Crippen molar-refractivity contribution in [1.82, 2.24) is 15.5 Å². The van der Waals surface area contributed by atoms with Crippen molar-refractivity contribution in [2.24, 2.45) is 4.99 Å². The van der Waals surface area contributed by atoms with E-state index in [1.165, 1.54) is 0 Å². The van der Waals surface area contributed by atoms with E-state index < -0.39 is 0 Å². The quantitative estimate of drug-likeness (QED) is 0.454. The first-order chi connectivity index (χ1) is 9.69. The van der Waals surface area contributed by atoms with E-state index in [-0.39, 0.29) is 29.9 Å². The molecule has 1 aromatic heterocycles. The number of guanidine groups is 1. The molecule has 21 heavy (non-hydrogen) atoms. The Hall–Kier alpha value is -1.25. The summed E-state index contributed by atoms with van der Waals surface area (Å²) in [5.74, 6) is 1.80. The molecule has 6 nitrogen and oxygen atoms in total. The van der Waals surface area contributed by atoms with E-state index in [0.29, 0.717) is 12.6 Å². The van der Waals surface area contributed by atoms with Gasteiger partial charge in [0.1, 0.15) is 5.76 Å². The Morgan fingerprint density at radius 1 is 1.48 bits per heavy atom. The Labute approximate surface area is 142 Å². The third kappa shape index (κ3) is 5.56. The molecule has 0 saturated carbocycles. The molecule has 118 valence electrons. The lowest BCUT2D eigenvalue weighted by Crippen LogP contribution is -2.49. The minimum atomic E-state index is 0. The monoisotopic (exact) mass is 406 g/mol. The van der Waals surface area contributed by atoms with Crippen molar-refractivity contribution in [1.29, 1.82) is 0 Å². The van der Waals surface area contributed by atoms with Crippen molar-refractivity contribution in [3.05, 3.63) is 24.2 Å². The zero-order valence-corrected chi connectivity index (χ0v) is 14.8. The zero-order valence-electron chi connectivity index (χ0n) is 12.5. The molecule has 2 N–H and O–H groups in total. The van der Waals surface area contributed by atoms with Crippen molar-refractivity contribution in [2.75, 3.05) is 20.1 Å². The predicted molar refractivity (Wildman–Crippen MR) is 92.7 cm³/mol. The summed E-state index contributed by atoms with van der Waals surface area (Å²) >= 11 is 0. The maximum absolute atomic E-state index is 11.3. The molecule has 2 heterocycles. The van der Waals surface area contributed by atoms with Crippen LogP contribution >= 0.6 is 24.0 Å². The molecule has 0 spiro atoms. The van der Waals surface area contributed by atoms with Gasteiger partial charge in [-0.1, -0.05) is 0 Å². The van der Waals surface area contributed by atoms with Gasteiger partial charge in [0.25, 0.3) is 0 Å². The number of carbonyl (C=O) groups excluding carboxylic acids is 1. The van der Waals surface area contributed by atoms with Crippen LogP contribution in [0.1, 0.15) is 25.5 Å². The zero-order chi connectivity index (χ0) is 14.4. The highest BCUT2D eigenvalue weighted by Gasteiger charge is 2.21. The fourth-order valence-electron chi connectivity index (χ4n) is 2.31. The summed E-state index contributed by atoms with van der Waals surface area (Å²) < 4.78 is 5.27. The van der Waals surface area contributed by atoms with Crippen LogP contribution in [0.3, 0.4) is 0 Å². The summed E-state index contributed by atoms with van der Waals surface area (Å²) in [4.78, 5) is 17.4. The van der Waals surface area contributed by atoms with Crippen LogP contribution < -0.4 is 10.6 Å². The van der Waals surface area contributed by atoms with E-state index in [4.69, 9.17) is 4.42 Å². The molecule has 0 radical (unpaired) electrons. The maximum Gasteiger partial charge on any atom is 0.219 e. The van der Waals surface area contributed by atoms with Crippen LogP contribution in [0.5, 0.6) is 0 Å². The van der Waals surface area contributed by atoms with Gasteiger partial charge in [-0.3, -0.25) is 9.79 Å². The molecule has 2 rings (SSSR count). The number of furan rings is 1. The van der Waals surface area contributed by atoms with Gasteiger partial charge >= 0.3 is 0 Å². The van der Waals surface area contributed by atoms with Gasteiger partial charge < -0.3 is 20.0 Å². The normalized spacial score (nSPS) is 16.3. The van der Waals surface area contributed by atoms with Gasteiger partial charge in [-0.05, 0) is 25.0 Å². The molecule has 1 aliphatic rings. The van der Waals surface area contributed by atoms with Crippen molar-refractivity contribution >= 4 is 35.8 Å². The van der Waals surface area contributed by atoms with E-state index in [1.807, 2.05) is 17.0 Å². The molecular formula is C14H23IN4O2. The van der Waals surface area contributed by atoms with Gasteiger partial charge in [0.2, 0.25) is 5.91 Å². The maximum atomic E-state index is 11.3. The van der Waals surface area contributed by atoms with Gasteiger partial charge in [-0.15, -0.1) is 24.0 Å². The Kier molecular flexibility index (Phi) is 7.55. The molecule has 0 atom stereocenters. The van der Waals surface area contributed by atoms with Gasteiger partial charge in [0, 0.05) is 33.1 Å². The van der Waals surface area contributed by atoms with Crippen LogP contribution in [0.25, 0.3) is 0 Å². The lowest BCUT2D eigenvalue weighted by molar-refractivity contribution is -0.129. The number of amides is 1. The summed E-state index contributed by atoms with van der Waals surface area (Å²) in [6.07, 6.45) is 3.55. The average Bonchev–Trinajstić information content (AvgIpc) is 2.97. The number of halogens is 1. The SMILES string of the molecule is CN=C(NCc1ccco1)NC1CCN(C(C)=O)CC1.I. The Bertz CT molecular complexity index is 454. The smallest absolute Gasteiger partial charge is 0.219 e. The largest absolute Gasteiger partial charge is 0.467 e. The lowest BCUT2D eigenvalue weighted by Gasteiger charge is -2.32. The minimum Gasteiger partial charge on any atom is -0.467 e. The number of likely N-dealkylation sites (tertiary alicyclic amines) is 1. The van der Waals surface area contributed by atoms with Crippen molar-refractivity contribution in [3.8, 4) is 0 Å². The van der Waals surface area contributed by atoms with Crippen molar-refractivity contribution < 1.29 is 9.21 Å². The van der Waals surface area contributed by atoms with E-state index in [0.717, 1.165) is 37.7 Å². The third-order valence-corrected chi connectivity index (χ3v) is 3.51. The summed E-state index contributed by atoms with van der Waals surface area (Å²) in [6.45, 7) is 3.85. The first kappa shape index (κ1) is 17.8. The van der Waals surface area contributed by atoms with E-state index in [9.17, 15) is 4.79 Å². The molecule has 0 aromatic carbocycles. The number of aliphatic imine (C=N–C) groups is 1. The highest BCUT2D eigenvalue weighted by atomic mass is 127. The van der Waals surface area contributed by atoms with E-state index in [1.54, 1.807) is 20.2 Å². The third-order valence-electron chi connectivity index (χ3n) is 3.51. The average molecular weight is 406 g/mol. The van der Waals surface area contributed by atoms with Crippen LogP contribution in [-0.4, -0.2) is 42.9 Å². The second kappa shape index (κ2) is 8.91. The molecule has 0 bridgehead atoms. The molecule has 1 aliphatic heterocycles. The molecule has 0 aliphatic carbocycles. The topological polar surface area (TPSA) is 69.9 Å². The van der Waals surface area contributed by atoms with Gasteiger partial charge in [0.05, 0.1) is 12.8 Å². The van der Waals surface area contributed by atoms with Crippen LogP contribution in [0, 0.1) is 0 Å². The molecule has 0 unspecified atom stereocenters. The number of nitrogens with zero attached hydrogens (tertiary/aromatic N) is 2. The highest BCUT2D eigenvalue weighted by Crippen LogP contribution is 2.10. The lowest BCUT2D eigenvalue weighted by atomic mass is 10.1. The molecule has 1 amide bonds. The number of rotatable bonds is 3.